The fraction of sp³-hybridized carbons (Fsp3) is 0.368. The Labute approximate surface area is 182 Å². The lowest BCUT2D eigenvalue weighted by atomic mass is 10.0. The van der Waals surface area contributed by atoms with Gasteiger partial charge in [-0.2, -0.15) is 5.10 Å². The molecule has 4 rings (SSSR count). The van der Waals surface area contributed by atoms with E-state index in [0.29, 0.717) is 23.2 Å². The standard InChI is InChI=1S/C19H23N7O.2ClH/c1-2-3-15-12-26(7-6-20-15)19-21-11-17(24-25-19)16-5-4-13(8-18(16)27)14-9-22-23-10-14;;/h4-5,8-11,15,20,27H,2-3,6-7,12H2,1H3,(H,22,23);2*1H. The Morgan fingerprint density at radius 3 is 2.69 bits per heavy atom. The molecule has 10 heteroatoms. The molecule has 0 spiro atoms. The molecule has 8 nitrogen and oxygen atoms in total. The largest absolute Gasteiger partial charge is 0.507 e. The number of piperazine rings is 1. The van der Waals surface area contributed by atoms with Crippen LogP contribution in [0.3, 0.4) is 0 Å². The number of phenolic OH excluding ortho intramolecular Hbond substituents is 1. The number of aromatic amines is 1. The minimum Gasteiger partial charge on any atom is -0.507 e. The first kappa shape index (κ1) is 22.9. The molecule has 29 heavy (non-hydrogen) atoms. The van der Waals surface area contributed by atoms with Crippen LogP contribution in [0.5, 0.6) is 5.75 Å². The molecule has 1 saturated heterocycles. The number of benzene rings is 1. The third kappa shape index (κ3) is 5.14. The van der Waals surface area contributed by atoms with E-state index in [9.17, 15) is 5.11 Å². The molecular weight excluding hydrogens is 413 g/mol. The number of rotatable bonds is 5. The number of hydrogen-bond donors (Lipinski definition) is 3. The van der Waals surface area contributed by atoms with Crippen molar-refractivity contribution in [2.24, 2.45) is 0 Å². The van der Waals surface area contributed by atoms with E-state index in [0.717, 1.165) is 43.6 Å². The van der Waals surface area contributed by atoms with E-state index in [1.807, 2.05) is 12.1 Å². The summed E-state index contributed by atoms with van der Waals surface area (Å²) in [6, 6.07) is 5.90. The first-order valence-electron chi connectivity index (χ1n) is 9.25. The Morgan fingerprint density at radius 2 is 2.03 bits per heavy atom. The normalized spacial score (nSPS) is 16.0. The molecule has 1 unspecified atom stereocenters. The fourth-order valence-electron chi connectivity index (χ4n) is 3.42. The lowest BCUT2D eigenvalue weighted by Crippen LogP contribution is -2.51. The Bertz CT molecular complexity index is 888. The maximum absolute atomic E-state index is 10.4. The average Bonchev–Trinajstić information content (AvgIpc) is 3.23. The third-order valence-electron chi connectivity index (χ3n) is 4.83. The van der Waals surface area contributed by atoms with Crippen LogP contribution in [0.2, 0.25) is 0 Å². The summed E-state index contributed by atoms with van der Waals surface area (Å²) < 4.78 is 0. The van der Waals surface area contributed by atoms with Gasteiger partial charge < -0.3 is 15.3 Å². The number of nitrogens with zero attached hydrogens (tertiary/aromatic N) is 5. The number of hydrogen-bond acceptors (Lipinski definition) is 7. The highest BCUT2D eigenvalue weighted by atomic mass is 35.5. The highest BCUT2D eigenvalue weighted by Crippen LogP contribution is 2.31. The maximum atomic E-state index is 10.4. The zero-order valence-electron chi connectivity index (χ0n) is 16.1. The van der Waals surface area contributed by atoms with Crippen molar-refractivity contribution >= 4 is 30.8 Å². The highest BCUT2D eigenvalue weighted by molar-refractivity contribution is 5.85. The number of phenols is 1. The van der Waals surface area contributed by atoms with Crippen LogP contribution in [-0.2, 0) is 0 Å². The van der Waals surface area contributed by atoms with Gasteiger partial charge in [0.2, 0.25) is 5.95 Å². The monoisotopic (exact) mass is 437 g/mol. The quantitative estimate of drug-likeness (QED) is 0.563. The molecule has 0 aliphatic carbocycles. The van der Waals surface area contributed by atoms with Crippen molar-refractivity contribution < 1.29 is 5.11 Å². The number of halogens is 2. The second-order valence-corrected chi connectivity index (χ2v) is 6.75. The zero-order chi connectivity index (χ0) is 18.6. The predicted molar refractivity (Wildman–Crippen MR) is 118 cm³/mol. The molecule has 3 heterocycles. The summed E-state index contributed by atoms with van der Waals surface area (Å²) in [6.07, 6.45) is 7.45. The minimum absolute atomic E-state index is 0. The van der Waals surface area contributed by atoms with Crippen LogP contribution >= 0.6 is 24.8 Å². The fourth-order valence-corrected chi connectivity index (χ4v) is 3.42. The summed E-state index contributed by atoms with van der Waals surface area (Å²) in [6.45, 7) is 4.87. The SMILES string of the molecule is CCCC1CN(c2ncc(-c3ccc(-c4cn[nH]c4)cc3O)nn2)CCN1.Cl.Cl. The van der Waals surface area contributed by atoms with Crippen LogP contribution < -0.4 is 10.2 Å². The Kier molecular flexibility index (Phi) is 8.19. The summed E-state index contributed by atoms with van der Waals surface area (Å²) in [4.78, 5) is 6.65. The maximum Gasteiger partial charge on any atom is 0.245 e. The molecule has 3 aromatic rings. The summed E-state index contributed by atoms with van der Waals surface area (Å²) >= 11 is 0. The predicted octanol–water partition coefficient (Wildman–Crippen LogP) is 3.06. The molecule has 1 atom stereocenters. The van der Waals surface area contributed by atoms with Gasteiger partial charge in [-0.3, -0.25) is 5.10 Å². The molecule has 1 aromatic carbocycles. The second-order valence-electron chi connectivity index (χ2n) is 6.75. The van der Waals surface area contributed by atoms with Crippen LogP contribution in [0.1, 0.15) is 19.8 Å². The van der Waals surface area contributed by atoms with Crippen molar-refractivity contribution in [3.05, 3.63) is 36.8 Å². The van der Waals surface area contributed by atoms with E-state index in [1.165, 1.54) is 0 Å². The van der Waals surface area contributed by atoms with Gasteiger partial charge in [0, 0.05) is 43.0 Å². The molecule has 0 radical (unpaired) electrons. The van der Waals surface area contributed by atoms with Crippen molar-refractivity contribution in [3.8, 4) is 28.1 Å². The molecule has 1 aliphatic rings. The topological polar surface area (TPSA) is 103 Å². The van der Waals surface area contributed by atoms with E-state index < -0.39 is 0 Å². The number of aromatic hydroxyl groups is 1. The summed E-state index contributed by atoms with van der Waals surface area (Å²) in [5.41, 5.74) is 2.95. The van der Waals surface area contributed by atoms with E-state index >= 15 is 0 Å². The van der Waals surface area contributed by atoms with Crippen molar-refractivity contribution in [2.45, 2.75) is 25.8 Å². The van der Waals surface area contributed by atoms with Crippen LogP contribution in [-0.4, -0.2) is 56.2 Å². The van der Waals surface area contributed by atoms with Crippen LogP contribution in [0.25, 0.3) is 22.4 Å². The number of anilines is 1. The summed E-state index contributed by atoms with van der Waals surface area (Å²) in [7, 11) is 0. The highest BCUT2D eigenvalue weighted by Gasteiger charge is 2.21. The average molecular weight is 438 g/mol. The van der Waals surface area contributed by atoms with Crippen molar-refractivity contribution in [1.82, 2.24) is 30.7 Å². The lowest BCUT2D eigenvalue weighted by Gasteiger charge is -2.33. The summed E-state index contributed by atoms with van der Waals surface area (Å²) in [5.74, 6) is 0.776. The summed E-state index contributed by atoms with van der Waals surface area (Å²) in [5, 5.41) is 29.2. The smallest absolute Gasteiger partial charge is 0.245 e. The van der Waals surface area contributed by atoms with Crippen LogP contribution in [0, 0.1) is 0 Å². The van der Waals surface area contributed by atoms with Gasteiger partial charge in [0.1, 0.15) is 11.4 Å². The Morgan fingerprint density at radius 1 is 1.17 bits per heavy atom. The number of aromatic nitrogens is 5. The van der Waals surface area contributed by atoms with E-state index in [4.69, 9.17) is 0 Å². The van der Waals surface area contributed by atoms with E-state index in [-0.39, 0.29) is 30.6 Å². The van der Waals surface area contributed by atoms with Crippen molar-refractivity contribution in [1.29, 1.82) is 0 Å². The molecule has 0 amide bonds. The van der Waals surface area contributed by atoms with Crippen molar-refractivity contribution in [2.75, 3.05) is 24.5 Å². The second kappa shape index (κ2) is 10.4. The van der Waals surface area contributed by atoms with Gasteiger partial charge in [0.05, 0.1) is 12.4 Å². The van der Waals surface area contributed by atoms with Gasteiger partial charge in [-0.1, -0.05) is 19.4 Å². The van der Waals surface area contributed by atoms with Gasteiger partial charge in [0.15, 0.2) is 0 Å². The van der Waals surface area contributed by atoms with Crippen molar-refractivity contribution in [3.63, 3.8) is 0 Å². The first-order valence-corrected chi connectivity index (χ1v) is 9.25. The molecule has 0 saturated carbocycles. The van der Waals surface area contributed by atoms with Crippen LogP contribution in [0.15, 0.2) is 36.8 Å². The van der Waals surface area contributed by atoms with Gasteiger partial charge in [0.25, 0.3) is 0 Å². The van der Waals surface area contributed by atoms with Gasteiger partial charge in [-0.15, -0.1) is 35.0 Å². The van der Waals surface area contributed by atoms with Gasteiger partial charge >= 0.3 is 0 Å². The van der Waals surface area contributed by atoms with Gasteiger partial charge in [-0.25, -0.2) is 4.98 Å². The Balaban J connectivity index is 0.00000150. The molecule has 1 fully saturated rings. The van der Waals surface area contributed by atoms with Gasteiger partial charge in [-0.05, 0) is 24.1 Å². The number of nitrogens with one attached hydrogen (secondary N) is 2. The number of H-pyrrole nitrogens is 1. The third-order valence-corrected chi connectivity index (χ3v) is 4.83. The molecule has 2 aromatic heterocycles. The Hall–Kier alpha value is -2.42. The van der Waals surface area contributed by atoms with E-state index in [1.54, 1.807) is 24.7 Å². The first-order chi connectivity index (χ1) is 13.2. The molecule has 156 valence electrons. The zero-order valence-corrected chi connectivity index (χ0v) is 17.7. The minimum atomic E-state index is 0. The molecule has 3 N–H and O–H groups in total. The molecule has 0 bridgehead atoms. The lowest BCUT2D eigenvalue weighted by molar-refractivity contribution is 0.426. The van der Waals surface area contributed by atoms with Crippen LogP contribution in [0.4, 0.5) is 5.95 Å². The van der Waals surface area contributed by atoms with E-state index in [2.05, 4.69) is 42.5 Å². The molecule has 1 aliphatic heterocycles. The molecular formula is C19H25Cl2N7O.